The van der Waals surface area contributed by atoms with Crippen molar-refractivity contribution in [3.8, 4) is 6.07 Å². The lowest BCUT2D eigenvalue weighted by Crippen LogP contribution is -2.45. The van der Waals surface area contributed by atoms with E-state index >= 15 is 0 Å². The van der Waals surface area contributed by atoms with Gasteiger partial charge < -0.3 is 0 Å². The molecule has 1 heterocycles. The summed E-state index contributed by atoms with van der Waals surface area (Å²) in [6.07, 6.45) is 5.35. The van der Waals surface area contributed by atoms with Crippen LogP contribution in [0.3, 0.4) is 0 Å². The van der Waals surface area contributed by atoms with Crippen molar-refractivity contribution in [1.82, 2.24) is 15.8 Å². The Morgan fingerprint density at radius 1 is 1.06 bits per heavy atom. The lowest BCUT2D eigenvalue weighted by Gasteiger charge is -2.32. The average molecular weight is 445 g/mol. The smallest absolute Gasteiger partial charge is 0.269 e. The van der Waals surface area contributed by atoms with E-state index < -0.39 is 5.91 Å². The Kier molecular flexibility index (Phi) is 6.64. The number of benzene rings is 2. The van der Waals surface area contributed by atoms with Gasteiger partial charge in [0.2, 0.25) is 5.91 Å². The van der Waals surface area contributed by atoms with Crippen molar-refractivity contribution >= 4 is 22.7 Å². The zero-order valence-electron chi connectivity index (χ0n) is 18.3. The second-order valence-corrected chi connectivity index (χ2v) is 8.59. The maximum Gasteiger partial charge on any atom is 0.269 e. The Hall–Kier alpha value is -3.79. The summed E-state index contributed by atoms with van der Waals surface area (Å²) in [6.45, 7) is 1.88. The summed E-state index contributed by atoms with van der Waals surface area (Å²) in [4.78, 5) is 29.2. The molecule has 7 heteroatoms. The minimum atomic E-state index is -0.430. The molecule has 1 fully saturated rings. The number of fused-ring (bicyclic) bond motifs is 1. The molecule has 6 nitrogen and oxygen atoms in total. The van der Waals surface area contributed by atoms with Crippen LogP contribution in [0.4, 0.5) is 4.39 Å². The topological polar surface area (TPSA) is 94.9 Å². The predicted molar refractivity (Wildman–Crippen MR) is 122 cm³/mol. The lowest BCUT2D eigenvalue weighted by molar-refractivity contribution is -0.127. The molecule has 1 atom stereocenters. The average Bonchev–Trinajstić information content (AvgIpc) is 2.86. The van der Waals surface area contributed by atoms with Crippen LogP contribution < -0.4 is 10.9 Å². The van der Waals surface area contributed by atoms with Crippen LogP contribution in [0.1, 0.15) is 60.0 Å². The molecule has 3 aromatic rings. The van der Waals surface area contributed by atoms with Gasteiger partial charge in [-0.3, -0.25) is 25.4 Å². The fraction of sp³-hybridized carbons (Fsp3) is 0.308. The molecule has 2 aromatic carbocycles. The molecule has 1 aliphatic rings. The summed E-state index contributed by atoms with van der Waals surface area (Å²) in [5.41, 5.74) is 7.71. The molecule has 1 aromatic heterocycles. The number of aromatic nitrogens is 1. The molecule has 33 heavy (non-hydrogen) atoms. The molecule has 0 saturated heterocycles. The van der Waals surface area contributed by atoms with Gasteiger partial charge in [-0.15, -0.1) is 0 Å². The number of hydrazine groups is 1. The molecule has 2 N–H and O–H groups in total. The van der Waals surface area contributed by atoms with E-state index in [0.717, 1.165) is 42.1 Å². The van der Waals surface area contributed by atoms with Gasteiger partial charge in [-0.05, 0) is 91.6 Å². The van der Waals surface area contributed by atoms with Gasteiger partial charge in [0.25, 0.3) is 5.91 Å². The van der Waals surface area contributed by atoms with E-state index in [2.05, 4.69) is 15.8 Å². The van der Waals surface area contributed by atoms with Gasteiger partial charge in [-0.25, -0.2) is 4.39 Å². The normalized spacial score (nSPS) is 18.8. The summed E-state index contributed by atoms with van der Waals surface area (Å²) >= 11 is 0. The van der Waals surface area contributed by atoms with Crippen LogP contribution in [0.25, 0.3) is 10.9 Å². The number of amides is 2. The van der Waals surface area contributed by atoms with Crippen LogP contribution in [0.2, 0.25) is 0 Å². The molecule has 1 unspecified atom stereocenters. The van der Waals surface area contributed by atoms with Gasteiger partial charge in [0.1, 0.15) is 5.82 Å². The molecular formula is C26H25FN4O2. The highest BCUT2D eigenvalue weighted by atomic mass is 19.1. The highest BCUT2D eigenvalue weighted by molar-refractivity contribution is 5.95. The third-order valence-corrected chi connectivity index (χ3v) is 6.65. The van der Waals surface area contributed by atoms with Crippen molar-refractivity contribution in [3.63, 3.8) is 0 Å². The highest BCUT2D eigenvalue weighted by Gasteiger charge is 2.30. The zero-order chi connectivity index (χ0) is 23.4. The molecule has 1 aliphatic carbocycles. The Morgan fingerprint density at radius 3 is 2.48 bits per heavy atom. The van der Waals surface area contributed by atoms with Crippen LogP contribution >= 0.6 is 0 Å². The van der Waals surface area contributed by atoms with E-state index in [1.807, 2.05) is 19.1 Å². The summed E-state index contributed by atoms with van der Waals surface area (Å²) in [5, 5.41) is 9.70. The minimum absolute atomic E-state index is 0.206. The quantitative estimate of drug-likeness (QED) is 0.574. The van der Waals surface area contributed by atoms with Crippen molar-refractivity contribution < 1.29 is 14.0 Å². The largest absolute Gasteiger partial charge is 0.273 e. The minimum Gasteiger partial charge on any atom is -0.273 e. The van der Waals surface area contributed by atoms with E-state index in [9.17, 15) is 14.0 Å². The SMILES string of the molecule is CC(C(=O)NNC(=O)c1ccc(C#N)cc1)C1CCC(c2ccnc3ccc(F)cc23)CC1. The van der Waals surface area contributed by atoms with Gasteiger partial charge in [0, 0.05) is 23.1 Å². The molecule has 2 amide bonds. The van der Waals surface area contributed by atoms with Crippen molar-refractivity contribution in [2.24, 2.45) is 11.8 Å². The Balaban J connectivity index is 1.32. The van der Waals surface area contributed by atoms with Crippen LogP contribution in [-0.2, 0) is 4.79 Å². The Bertz CT molecular complexity index is 1210. The second kappa shape index (κ2) is 9.78. The summed E-state index contributed by atoms with van der Waals surface area (Å²) < 4.78 is 13.8. The molecule has 1 saturated carbocycles. The van der Waals surface area contributed by atoms with Crippen molar-refractivity contribution in [3.05, 3.63) is 77.2 Å². The third kappa shape index (κ3) is 5.01. The molecule has 168 valence electrons. The number of carbonyl (C=O) groups is 2. The number of halogens is 1. The first-order valence-corrected chi connectivity index (χ1v) is 11.1. The van der Waals surface area contributed by atoms with Gasteiger partial charge in [0.05, 0.1) is 17.1 Å². The van der Waals surface area contributed by atoms with E-state index in [1.165, 1.54) is 6.07 Å². The van der Waals surface area contributed by atoms with Gasteiger partial charge in [-0.2, -0.15) is 5.26 Å². The maximum atomic E-state index is 13.8. The van der Waals surface area contributed by atoms with Crippen LogP contribution in [-0.4, -0.2) is 16.8 Å². The number of carbonyl (C=O) groups excluding carboxylic acids is 2. The van der Waals surface area contributed by atoms with Crippen molar-refractivity contribution in [1.29, 1.82) is 5.26 Å². The zero-order valence-corrected chi connectivity index (χ0v) is 18.3. The Morgan fingerprint density at radius 2 is 1.79 bits per heavy atom. The summed E-state index contributed by atoms with van der Waals surface area (Å²) in [5.74, 6) is -0.659. The molecule has 0 spiro atoms. The van der Waals surface area contributed by atoms with Crippen LogP contribution in [0.5, 0.6) is 0 Å². The number of hydrogen-bond donors (Lipinski definition) is 2. The molecule has 0 radical (unpaired) electrons. The summed E-state index contributed by atoms with van der Waals surface area (Å²) in [6, 6.07) is 14.8. The first-order chi connectivity index (χ1) is 16.0. The number of nitrogens with one attached hydrogen (secondary N) is 2. The first kappa shape index (κ1) is 22.4. The predicted octanol–water partition coefficient (Wildman–Crippen LogP) is 4.62. The fourth-order valence-electron chi connectivity index (χ4n) is 4.64. The van der Waals surface area contributed by atoms with Crippen LogP contribution in [0.15, 0.2) is 54.7 Å². The number of nitrogens with zero attached hydrogens (tertiary/aromatic N) is 2. The number of rotatable bonds is 4. The maximum absolute atomic E-state index is 13.8. The lowest BCUT2D eigenvalue weighted by atomic mass is 9.73. The Labute approximate surface area is 191 Å². The standard InChI is InChI=1S/C26H25FN4O2/c1-16(25(32)30-31-26(33)20-4-2-17(15-28)3-5-20)18-6-8-19(9-7-18)22-12-13-29-24-11-10-21(27)14-23(22)24/h2-5,10-14,16,18-19H,6-9H2,1H3,(H,30,32)(H,31,33). The number of hydrogen-bond acceptors (Lipinski definition) is 4. The van der Waals surface area contributed by atoms with Gasteiger partial charge >= 0.3 is 0 Å². The highest BCUT2D eigenvalue weighted by Crippen LogP contribution is 2.40. The van der Waals surface area contributed by atoms with Crippen LogP contribution in [0, 0.1) is 29.0 Å². The van der Waals surface area contributed by atoms with Gasteiger partial charge in [-0.1, -0.05) is 6.92 Å². The molecule has 4 rings (SSSR count). The second-order valence-electron chi connectivity index (χ2n) is 8.59. The molecule has 0 aliphatic heterocycles. The van der Waals surface area contributed by atoms with E-state index in [4.69, 9.17) is 5.26 Å². The first-order valence-electron chi connectivity index (χ1n) is 11.1. The third-order valence-electron chi connectivity index (χ3n) is 6.65. The summed E-state index contributed by atoms with van der Waals surface area (Å²) in [7, 11) is 0. The number of pyridine rings is 1. The molecular weight excluding hydrogens is 419 g/mol. The number of nitriles is 1. The van der Waals surface area contributed by atoms with Crippen molar-refractivity contribution in [2.45, 2.75) is 38.5 Å². The van der Waals surface area contributed by atoms with Crippen molar-refractivity contribution in [2.75, 3.05) is 0 Å². The monoisotopic (exact) mass is 444 g/mol. The van der Waals surface area contributed by atoms with E-state index in [-0.39, 0.29) is 23.6 Å². The van der Waals surface area contributed by atoms with E-state index in [1.54, 1.807) is 42.6 Å². The fourth-order valence-corrected chi connectivity index (χ4v) is 4.64. The molecule has 0 bridgehead atoms. The van der Waals surface area contributed by atoms with E-state index in [0.29, 0.717) is 17.0 Å². The van der Waals surface area contributed by atoms with Gasteiger partial charge in [0.15, 0.2) is 0 Å².